The molecule has 1 unspecified atom stereocenters. The molecule has 0 fully saturated rings. The van der Waals surface area contributed by atoms with Gasteiger partial charge in [0.1, 0.15) is 0 Å². The van der Waals surface area contributed by atoms with Crippen molar-refractivity contribution in [3.63, 3.8) is 0 Å². The van der Waals surface area contributed by atoms with Crippen molar-refractivity contribution in [1.29, 1.82) is 0 Å². The zero-order valence-corrected chi connectivity index (χ0v) is 11.4. The number of thiophene rings is 1. The number of hydrogen-bond donors (Lipinski definition) is 1. The maximum Gasteiger partial charge on any atom is 0.0545 e. The lowest BCUT2D eigenvalue weighted by Gasteiger charge is -2.15. The summed E-state index contributed by atoms with van der Waals surface area (Å²) in [6, 6.07) is 4.93. The van der Waals surface area contributed by atoms with Crippen LogP contribution in [-0.2, 0) is 6.42 Å². The van der Waals surface area contributed by atoms with Crippen molar-refractivity contribution in [1.82, 2.24) is 5.32 Å². The lowest BCUT2D eigenvalue weighted by atomic mass is 10.1. The average Bonchev–Trinajstić information content (AvgIpc) is 2.80. The van der Waals surface area contributed by atoms with E-state index in [9.17, 15) is 0 Å². The van der Waals surface area contributed by atoms with Gasteiger partial charge in [0.25, 0.3) is 0 Å². The predicted octanol–water partition coefficient (Wildman–Crippen LogP) is 3.03. The van der Waals surface area contributed by atoms with E-state index in [1.54, 1.807) is 0 Å². The van der Waals surface area contributed by atoms with Crippen LogP contribution in [0.3, 0.4) is 0 Å². The molecule has 0 radical (unpaired) electrons. The minimum atomic E-state index is 0.602. The maximum atomic E-state index is 5.20. The second kappa shape index (κ2) is 8.69. The van der Waals surface area contributed by atoms with Crippen molar-refractivity contribution in [3.8, 4) is 12.3 Å². The molecule has 0 aromatic carbocycles. The fourth-order valence-corrected chi connectivity index (χ4v) is 2.81. The highest BCUT2D eigenvalue weighted by molar-refractivity contribution is 7.99. The summed E-state index contributed by atoms with van der Waals surface area (Å²) in [5.74, 6) is 4.57. The molecule has 0 spiro atoms. The van der Waals surface area contributed by atoms with Crippen LogP contribution in [0.2, 0.25) is 0 Å². The second-order valence-corrected chi connectivity index (χ2v) is 5.74. The molecular formula is C13H19NS2. The van der Waals surface area contributed by atoms with Crippen molar-refractivity contribution >= 4 is 23.1 Å². The van der Waals surface area contributed by atoms with E-state index < -0.39 is 0 Å². The molecule has 0 amide bonds. The van der Waals surface area contributed by atoms with Gasteiger partial charge >= 0.3 is 0 Å². The number of nitrogens with one attached hydrogen (secondary N) is 1. The normalized spacial score (nSPS) is 12.2. The molecule has 0 saturated heterocycles. The minimum Gasteiger partial charge on any atom is -0.313 e. The van der Waals surface area contributed by atoms with Crippen LogP contribution in [0, 0.1) is 12.3 Å². The highest BCUT2D eigenvalue weighted by Gasteiger charge is 2.06. The molecule has 16 heavy (non-hydrogen) atoms. The third-order valence-corrected chi connectivity index (χ3v) is 4.15. The average molecular weight is 253 g/mol. The molecule has 1 atom stereocenters. The highest BCUT2D eigenvalue weighted by Crippen LogP contribution is 2.12. The van der Waals surface area contributed by atoms with E-state index in [-0.39, 0.29) is 0 Å². The molecule has 0 bridgehead atoms. The van der Waals surface area contributed by atoms with Gasteiger partial charge in [-0.15, -0.1) is 29.5 Å². The molecule has 1 nitrogen and oxygen atoms in total. The van der Waals surface area contributed by atoms with Gasteiger partial charge < -0.3 is 5.32 Å². The largest absolute Gasteiger partial charge is 0.313 e. The molecule has 1 aromatic rings. The highest BCUT2D eigenvalue weighted by atomic mass is 32.2. The van der Waals surface area contributed by atoms with Crippen LogP contribution in [0.15, 0.2) is 17.5 Å². The van der Waals surface area contributed by atoms with Crippen molar-refractivity contribution in [2.75, 3.05) is 18.1 Å². The Balaban J connectivity index is 2.15. The molecule has 3 heteroatoms. The molecule has 1 heterocycles. The molecule has 0 aliphatic carbocycles. The van der Waals surface area contributed by atoms with Crippen LogP contribution in [-0.4, -0.2) is 24.1 Å². The first-order chi connectivity index (χ1) is 7.86. The molecular weight excluding hydrogens is 234 g/mol. The van der Waals surface area contributed by atoms with E-state index >= 15 is 0 Å². The van der Waals surface area contributed by atoms with Gasteiger partial charge in [-0.1, -0.05) is 18.9 Å². The van der Waals surface area contributed by atoms with Gasteiger partial charge in [0.2, 0.25) is 0 Å². The molecule has 1 rings (SSSR count). The van der Waals surface area contributed by atoms with Crippen molar-refractivity contribution in [2.24, 2.45) is 0 Å². The van der Waals surface area contributed by atoms with Gasteiger partial charge in [0.05, 0.1) is 5.75 Å². The zero-order valence-electron chi connectivity index (χ0n) is 9.74. The van der Waals surface area contributed by atoms with Crippen LogP contribution >= 0.6 is 23.1 Å². The topological polar surface area (TPSA) is 12.0 Å². The van der Waals surface area contributed by atoms with E-state index in [2.05, 4.69) is 35.7 Å². The summed E-state index contributed by atoms with van der Waals surface area (Å²) in [6.07, 6.45) is 7.52. The summed E-state index contributed by atoms with van der Waals surface area (Å²) >= 11 is 3.66. The van der Waals surface area contributed by atoms with E-state index in [1.807, 2.05) is 23.1 Å². The van der Waals surface area contributed by atoms with E-state index in [4.69, 9.17) is 6.42 Å². The maximum absolute atomic E-state index is 5.20. The van der Waals surface area contributed by atoms with Gasteiger partial charge in [0.15, 0.2) is 0 Å². The monoisotopic (exact) mass is 253 g/mol. The summed E-state index contributed by atoms with van der Waals surface area (Å²) in [5.41, 5.74) is 0. The Hall–Kier alpha value is -0.430. The Morgan fingerprint density at radius 1 is 1.62 bits per heavy atom. The first-order valence-corrected chi connectivity index (χ1v) is 7.67. The third-order valence-electron chi connectivity index (χ3n) is 2.39. The Morgan fingerprint density at radius 3 is 3.12 bits per heavy atom. The van der Waals surface area contributed by atoms with Crippen LogP contribution in [0.1, 0.15) is 18.2 Å². The number of hydrogen-bond acceptors (Lipinski definition) is 3. The molecule has 1 aromatic heterocycles. The van der Waals surface area contributed by atoms with Crippen LogP contribution < -0.4 is 5.32 Å². The number of terminal acetylenes is 1. The third kappa shape index (κ3) is 5.60. The van der Waals surface area contributed by atoms with Gasteiger partial charge in [-0.05, 0) is 24.3 Å². The lowest BCUT2D eigenvalue weighted by molar-refractivity contribution is 0.515. The molecule has 0 saturated carbocycles. The summed E-state index contributed by atoms with van der Waals surface area (Å²) in [4.78, 5) is 1.47. The first kappa shape index (κ1) is 13.6. The number of thioether (sulfide) groups is 1. The van der Waals surface area contributed by atoms with Crippen molar-refractivity contribution in [3.05, 3.63) is 22.4 Å². The molecule has 1 N–H and O–H groups in total. The molecule has 0 aliphatic heterocycles. The van der Waals surface area contributed by atoms with Gasteiger partial charge in [-0.2, -0.15) is 0 Å². The van der Waals surface area contributed by atoms with Crippen LogP contribution in [0.25, 0.3) is 0 Å². The van der Waals surface area contributed by atoms with Crippen LogP contribution in [0.5, 0.6) is 0 Å². The zero-order chi connectivity index (χ0) is 11.6. The Bertz CT molecular complexity index is 300. The number of rotatable bonds is 8. The SMILES string of the molecule is C#CCSCCNC(CC)Cc1cccs1. The Labute approximate surface area is 107 Å². The fourth-order valence-electron chi connectivity index (χ4n) is 1.50. The van der Waals surface area contributed by atoms with E-state index in [0.717, 1.165) is 24.5 Å². The van der Waals surface area contributed by atoms with Crippen molar-refractivity contribution in [2.45, 2.75) is 25.8 Å². The van der Waals surface area contributed by atoms with Crippen LogP contribution in [0.4, 0.5) is 0 Å². The van der Waals surface area contributed by atoms with Gasteiger partial charge in [0, 0.05) is 23.2 Å². The Kier molecular flexibility index (Phi) is 7.41. The van der Waals surface area contributed by atoms with Gasteiger partial charge in [-0.3, -0.25) is 0 Å². The van der Waals surface area contributed by atoms with E-state index in [0.29, 0.717) is 6.04 Å². The smallest absolute Gasteiger partial charge is 0.0545 e. The fraction of sp³-hybridized carbons (Fsp3) is 0.538. The molecule has 88 valence electrons. The quantitative estimate of drug-likeness (QED) is 0.564. The minimum absolute atomic E-state index is 0.602. The lowest BCUT2D eigenvalue weighted by Crippen LogP contribution is -2.32. The summed E-state index contributed by atoms with van der Waals surface area (Å²) in [6.45, 7) is 3.29. The first-order valence-electron chi connectivity index (χ1n) is 5.63. The summed E-state index contributed by atoms with van der Waals surface area (Å²) in [7, 11) is 0. The molecule has 0 aliphatic rings. The predicted molar refractivity (Wildman–Crippen MR) is 76.3 cm³/mol. The summed E-state index contributed by atoms with van der Waals surface area (Å²) in [5, 5.41) is 5.73. The van der Waals surface area contributed by atoms with Gasteiger partial charge in [-0.25, -0.2) is 0 Å². The summed E-state index contributed by atoms with van der Waals surface area (Å²) < 4.78 is 0. The van der Waals surface area contributed by atoms with Crippen molar-refractivity contribution < 1.29 is 0 Å². The Morgan fingerprint density at radius 2 is 2.50 bits per heavy atom. The standard InChI is InChI=1S/C13H19NS2/c1-3-8-15-10-7-14-12(4-2)11-13-6-5-9-16-13/h1,5-6,9,12,14H,4,7-8,10-11H2,2H3. The second-order valence-electron chi connectivity index (χ2n) is 3.60. The van der Waals surface area contributed by atoms with E-state index in [1.165, 1.54) is 11.3 Å².